The summed E-state index contributed by atoms with van der Waals surface area (Å²) in [5, 5.41) is 0. The van der Waals surface area contributed by atoms with Crippen molar-refractivity contribution < 1.29 is 4.79 Å². The zero-order chi connectivity index (χ0) is 16.8. The second-order valence-electron chi connectivity index (χ2n) is 8.52. The van der Waals surface area contributed by atoms with Crippen molar-refractivity contribution >= 4 is 5.78 Å². The number of hydrogen-bond acceptors (Lipinski definition) is 2. The van der Waals surface area contributed by atoms with Crippen molar-refractivity contribution in [3.63, 3.8) is 0 Å². The highest BCUT2D eigenvalue weighted by Gasteiger charge is 2.34. The second-order valence-corrected chi connectivity index (χ2v) is 8.52. The molecule has 0 aromatic carbocycles. The van der Waals surface area contributed by atoms with Gasteiger partial charge in [-0.3, -0.25) is 9.69 Å². The third kappa shape index (κ3) is 6.95. The first-order valence-electron chi connectivity index (χ1n) is 8.75. The van der Waals surface area contributed by atoms with Crippen LogP contribution >= 0.6 is 0 Å². The highest BCUT2D eigenvalue weighted by atomic mass is 16.1. The van der Waals surface area contributed by atoms with Gasteiger partial charge in [0.1, 0.15) is 0 Å². The Hall–Kier alpha value is -0.370. The molecule has 0 aliphatic heterocycles. The molecule has 0 spiro atoms. The smallest absolute Gasteiger partial charge is 0.152 e. The van der Waals surface area contributed by atoms with Gasteiger partial charge in [-0.15, -0.1) is 0 Å². The van der Waals surface area contributed by atoms with Gasteiger partial charge < -0.3 is 0 Å². The topological polar surface area (TPSA) is 20.3 Å². The van der Waals surface area contributed by atoms with Crippen LogP contribution in [0.4, 0.5) is 0 Å². The van der Waals surface area contributed by atoms with E-state index in [0.29, 0.717) is 24.3 Å². The highest BCUT2D eigenvalue weighted by molar-refractivity contribution is 5.85. The Morgan fingerprint density at radius 1 is 1.05 bits per heavy atom. The Morgan fingerprint density at radius 3 is 1.90 bits per heavy atom. The normalized spacial score (nSPS) is 16.1. The van der Waals surface area contributed by atoms with Gasteiger partial charge in [0, 0.05) is 17.0 Å². The van der Waals surface area contributed by atoms with Crippen LogP contribution in [0.1, 0.15) is 88.0 Å². The van der Waals surface area contributed by atoms with Crippen molar-refractivity contribution in [1.29, 1.82) is 0 Å². The molecule has 126 valence electrons. The van der Waals surface area contributed by atoms with Crippen LogP contribution < -0.4 is 0 Å². The molecule has 0 aliphatic carbocycles. The zero-order valence-corrected chi connectivity index (χ0v) is 16.0. The SMILES string of the molecule is CCCCC(CC)C(C)N(CC(=O)C(C)(C)C)C(C)(C)C. The summed E-state index contributed by atoms with van der Waals surface area (Å²) in [6, 6.07) is 0.452. The molecule has 0 aromatic rings. The van der Waals surface area contributed by atoms with Gasteiger partial charge in [-0.1, -0.05) is 53.9 Å². The zero-order valence-electron chi connectivity index (χ0n) is 16.0. The summed E-state index contributed by atoms with van der Waals surface area (Å²) in [4.78, 5) is 14.9. The quantitative estimate of drug-likeness (QED) is 0.605. The number of ketones is 1. The van der Waals surface area contributed by atoms with Crippen molar-refractivity contribution in [3.05, 3.63) is 0 Å². The molecule has 2 heteroatoms. The monoisotopic (exact) mass is 297 g/mol. The summed E-state index contributed by atoms with van der Waals surface area (Å²) in [6.07, 6.45) is 5.00. The molecular formula is C19H39NO. The van der Waals surface area contributed by atoms with Gasteiger partial charge in [0.15, 0.2) is 5.78 Å². The average Bonchev–Trinajstić information content (AvgIpc) is 2.33. The van der Waals surface area contributed by atoms with Crippen molar-refractivity contribution in [2.45, 2.75) is 99.6 Å². The van der Waals surface area contributed by atoms with E-state index in [4.69, 9.17) is 0 Å². The number of hydrogen-bond donors (Lipinski definition) is 0. The first-order valence-corrected chi connectivity index (χ1v) is 8.75. The van der Waals surface area contributed by atoms with E-state index in [9.17, 15) is 4.79 Å². The number of carbonyl (C=O) groups is 1. The number of unbranched alkanes of at least 4 members (excludes halogenated alkanes) is 1. The minimum Gasteiger partial charge on any atom is -0.298 e. The maximum absolute atomic E-state index is 12.5. The summed E-state index contributed by atoms with van der Waals surface area (Å²) >= 11 is 0. The predicted molar refractivity (Wildman–Crippen MR) is 93.7 cm³/mol. The van der Waals surface area contributed by atoms with Gasteiger partial charge in [-0.2, -0.15) is 0 Å². The Kier molecular flexibility index (Phi) is 8.17. The largest absolute Gasteiger partial charge is 0.298 e. The molecule has 0 saturated heterocycles. The number of Topliss-reactive ketones (excluding diaryl/α,β-unsaturated/α-hetero) is 1. The standard InChI is InChI=1S/C19H39NO/c1-10-12-13-16(11-2)15(3)20(19(7,8)9)14-17(21)18(4,5)6/h15-16H,10-14H2,1-9H3. The molecule has 0 N–H and O–H groups in total. The molecule has 2 atom stereocenters. The van der Waals surface area contributed by atoms with E-state index in [1.807, 2.05) is 20.8 Å². The van der Waals surface area contributed by atoms with E-state index in [1.165, 1.54) is 25.7 Å². The van der Waals surface area contributed by atoms with E-state index in [-0.39, 0.29) is 11.0 Å². The van der Waals surface area contributed by atoms with Crippen LogP contribution in [0.2, 0.25) is 0 Å². The van der Waals surface area contributed by atoms with Crippen molar-refractivity contribution in [2.24, 2.45) is 11.3 Å². The van der Waals surface area contributed by atoms with E-state index in [0.717, 1.165) is 0 Å². The van der Waals surface area contributed by atoms with Gasteiger partial charge in [0.05, 0.1) is 6.54 Å². The molecule has 2 unspecified atom stereocenters. The molecule has 0 aromatic heterocycles. The van der Waals surface area contributed by atoms with E-state index < -0.39 is 0 Å². The lowest BCUT2D eigenvalue weighted by Gasteiger charge is -2.44. The molecule has 0 rings (SSSR count). The number of carbonyl (C=O) groups excluding carboxylic acids is 1. The Morgan fingerprint density at radius 2 is 1.57 bits per heavy atom. The lowest BCUT2D eigenvalue weighted by Crippen LogP contribution is -2.53. The molecule has 0 saturated carbocycles. The van der Waals surface area contributed by atoms with E-state index in [2.05, 4.69) is 46.4 Å². The maximum atomic E-state index is 12.5. The Balaban J connectivity index is 5.10. The fraction of sp³-hybridized carbons (Fsp3) is 0.947. The molecule has 0 amide bonds. The average molecular weight is 298 g/mol. The lowest BCUT2D eigenvalue weighted by molar-refractivity contribution is -0.130. The first-order chi connectivity index (χ1) is 9.45. The first kappa shape index (κ1) is 20.6. The van der Waals surface area contributed by atoms with Gasteiger partial charge in [0.2, 0.25) is 0 Å². The van der Waals surface area contributed by atoms with Crippen LogP contribution in [0.25, 0.3) is 0 Å². The molecular weight excluding hydrogens is 258 g/mol. The molecule has 2 nitrogen and oxygen atoms in total. The van der Waals surface area contributed by atoms with Crippen LogP contribution in [0.3, 0.4) is 0 Å². The van der Waals surface area contributed by atoms with Crippen LogP contribution in [0.15, 0.2) is 0 Å². The summed E-state index contributed by atoms with van der Waals surface area (Å²) < 4.78 is 0. The van der Waals surface area contributed by atoms with Crippen molar-refractivity contribution in [3.8, 4) is 0 Å². The highest BCUT2D eigenvalue weighted by Crippen LogP contribution is 2.28. The maximum Gasteiger partial charge on any atom is 0.152 e. The second kappa shape index (κ2) is 8.31. The number of rotatable bonds is 8. The third-order valence-electron chi connectivity index (χ3n) is 4.64. The fourth-order valence-corrected chi connectivity index (χ4v) is 2.89. The lowest BCUT2D eigenvalue weighted by atomic mass is 9.86. The van der Waals surface area contributed by atoms with Gasteiger partial charge >= 0.3 is 0 Å². The van der Waals surface area contributed by atoms with Gasteiger partial charge in [0.25, 0.3) is 0 Å². The minimum absolute atomic E-state index is 0.0277. The Labute approximate surface area is 133 Å². The van der Waals surface area contributed by atoms with Crippen LogP contribution in [0, 0.1) is 11.3 Å². The van der Waals surface area contributed by atoms with E-state index >= 15 is 0 Å². The van der Waals surface area contributed by atoms with Crippen molar-refractivity contribution in [2.75, 3.05) is 6.54 Å². The summed E-state index contributed by atoms with van der Waals surface area (Å²) in [5.74, 6) is 1.02. The Bertz CT molecular complexity index is 309. The summed E-state index contributed by atoms with van der Waals surface area (Å²) in [6.45, 7) is 20.2. The molecule has 0 radical (unpaired) electrons. The molecule has 0 aliphatic rings. The predicted octanol–water partition coefficient (Wildman–Crippen LogP) is 5.31. The number of nitrogens with zero attached hydrogens (tertiary/aromatic N) is 1. The molecule has 0 bridgehead atoms. The minimum atomic E-state index is -0.256. The van der Waals surface area contributed by atoms with Gasteiger partial charge in [-0.05, 0) is 40.0 Å². The molecule has 21 heavy (non-hydrogen) atoms. The fourth-order valence-electron chi connectivity index (χ4n) is 2.89. The summed E-state index contributed by atoms with van der Waals surface area (Å²) in [5.41, 5.74) is -0.228. The van der Waals surface area contributed by atoms with Crippen molar-refractivity contribution in [1.82, 2.24) is 4.90 Å². The molecule has 0 heterocycles. The third-order valence-corrected chi connectivity index (χ3v) is 4.64. The van der Waals surface area contributed by atoms with E-state index in [1.54, 1.807) is 0 Å². The van der Waals surface area contributed by atoms with Gasteiger partial charge in [-0.25, -0.2) is 0 Å². The molecule has 0 fully saturated rings. The van der Waals surface area contributed by atoms with Crippen LogP contribution in [0.5, 0.6) is 0 Å². The van der Waals surface area contributed by atoms with Crippen LogP contribution in [-0.4, -0.2) is 28.8 Å². The summed E-state index contributed by atoms with van der Waals surface area (Å²) in [7, 11) is 0. The van der Waals surface area contributed by atoms with Crippen LogP contribution in [-0.2, 0) is 4.79 Å².